The first-order valence-corrected chi connectivity index (χ1v) is 6.40. The van der Waals surface area contributed by atoms with Crippen molar-refractivity contribution in [3.8, 4) is 5.75 Å². The van der Waals surface area contributed by atoms with Crippen LogP contribution in [0.1, 0.15) is 24.9 Å². The number of halogens is 1. The Bertz CT molecular complexity index is 542. The molecule has 2 nitrogen and oxygen atoms in total. The van der Waals surface area contributed by atoms with E-state index in [0.717, 1.165) is 17.9 Å². The maximum Gasteiger partial charge on any atom is 0.141 e. The average molecular weight is 259 g/mol. The van der Waals surface area contributed by atoms with Crippen LogP contribution in [-0.2, 0) is 0 Å². The third-order valence-corrected chi connectivity index (χ3v) is 3.13. The largest absolute Gasteiger partial charge is 0.495 e. The molecule has 0 fully saturated rings. The minimum Gasteiger partial charge on any atom is -0.495 e. The number of rotatable bonds is 5. The minimum atomic E-state index is -0.184. The van der Waals surface area contributed by atoms with Gasteiger partial charge in [-0.3, -0.25) is 0 Å². The van der Waals surface area contributed by atoms with E-state index in [2.05, 4.69) is 5.32 Å². The maximum absolute atomic E-state index is 13.8. The lowest BCUT2D eigenvalue weighted by Crippen LogP contribution is -2.12. The number of benzene rings is 2. The summed E-state index contributed by atoms with van der Waals surface area (Å²) in [5, 5.41) is 3.34. The summed E-state index contributed by atoms with van der Waals surface area (Å²) in [6, 6.07) is 14.4. The maximum atomic E-state index is 13.8. The average Bonchev–Trinajstić information content (AvgIpc) is 2.46. The molecule has 0 heterocycles. The molecule has 0 amide bonds. The van der Waals surface area contributed by atoms with Crippen molar-refractivity contribution in [1.82, 2.24) is 0 Å². The lowest BCUT2D eigenvalue weighted by atomic mass is 10.0. The molecule has 0 aromatic heterocycles. The molecule has 100 valence electrons. The van der Waals surface area contributed by atoms with Crippen molar-refractivity contribution in [3.63, 3.8) is 0 Å². The number of ether oxygens (including phenoxy) is 1. The van der Waals surface area contributed by atoms with E-state index in [4.69, 9.17) is 4.74 Å². The topological polar surface area (TPSA) is 21.3 Å². The van der Waals surface area contributed by atoms with Crippen LogP contribution in [0, 0.1) is 5.82 Å². The molecule has 0 aliphatic rings. The predicted octanol–water partition coefficient (Wildman–Crippen LogP) is 4.40. The summed E-state index contributed by atoms with van der Waals surface area (Å²) in [7, 11) is 1.63. The summed E-state index contributed by atoms with van der Waals surface area (Å²) >= 11 is 0. The van der Waals surface area contributed by atoms with Crippen molar-refractivity contribution in [2.75, 3.05) is 12.4 Å². The van der Waals surface area contributed by atoms with E-state index in [1.165, 1.54) is 6.07 Å². The van der Waals surface area contributed by atoms with Crippen molar-refractivity contribution in [2.24, 2.45) is 0 Å². The van der Waals surface area contributed by atoms with Gasteiger partial charge in [-0.05, 0) is 24.6 Å². The second-order valence-corrected chi connectivity index (χ2v) is 4.33. The molecule has 1 N–H and O–H groups in total. The zero-order valence-corrected chi connectivity index (χ0v) is 11.2. The fraction of sp³-hybridized carbons (Fsp3) is 0.250. The van der Waals surface area contributed by atoms with E-state index in [9.17, 15) is 4.39 Å². The van der Waals surface area contributed by atoms with Gasteiger partial charge < -0.3 is 10.1 Å². The van der Waals surface area contributed by atoms with E-state index < -0.39 is 0 Å². The lowest BCUT2D eigenvalue weighted by molar-refractivity contribution is 0.415. The third kappa shape index (κ3) is 3.05. The van der Waals surface area contributed by atoms with Crippen molar-refractivity contribution in [3.05, 3.63) is 59.9 Å². The zero-order valence-electron chi connectivity index (χ0n) is 11.2. The molecule has 1 unspecified atom stereocenters. The molecule has 0 bridgehead atoms. The number of para-hydroxylation sites is 2. The van der Waals surface area contributed by atoms with Crippen molar-refractivity contribution < 1.29 is 9.13 Å². The van der Waals surface area contributed by atoms with Crippen LogP contribution in [0.15, 0.2) is 48.5 Å². The highest BCUT2D eigenvalue weighted by atomic mass is 19.1. The van der Waals surface area contributed by atoms with E-state index >= 15 is 0 Å². The zero-order chi connectivity index (χ0) is 13.7. The summed E-state index contributed by atoms with van der Waals surface area (Å²) in [5.74, 6) is 0.578. The Hall–Kier alpha value is -2.03. The van der Waals surface area contributed by atoms with Gasteiger partial charge in [0, 0.05) is 5.56 Å². The summed E-state index contributed by atoms with van der Waals surface area (Å²) < 4.78 is 19.1. The second-order valence-electron chi connectivity index (χ2n) is 4.33. The SMILES string of the molecule is CCC(Nc1ccccc1OC)c1ccccc1F. The van der Waals surface area contributed by atoms with Gasteiger partial charge in [0.1, 0.15) is 11.6 Å². The fourth-order valence-electron chi connectivity index (χ4n) is 2.11. The number of hydrogen-bond donors (Lipinski definition) is 1. The molecule has 2 aromatic carbocycles. The van der Waals surface area contributed by atoms with Crippen LogP contribution in [-0.4, -0.2) is 7.11 Å². The van der Waals surface area contributed by atoms with Crippen molar-refractivity contribution >= 4 is 5.69 Å². The smallest absolute Gasteiger partial charge is 0.141 e. The molecule has 2 aromatic rings. The first-order chi connectivity index (χ1) is 9.26. The van der Waals surface area contributed by atoms with Gasteiger partial charge in [-0.1, -0.05) is 37.3 Å². The van der Waals surface area contributed by atoms with Gasteiger partial charge in [0.15, 0.2) is 0 Å². The monoisotopic (exact) mass is 259 g/mol. The van der Waals surface area contributed by atoms with Crippen molar-refractivity contribution in [2.45, 2.75) is 19.4 Å². The van der Waals surface area contributed by atoms with E-state index in [1.54, 1.807) is 13.2 Å². The molecule has 0 aliphatic carbocycles. The first-order valence-electron chi connectivity index (χ1n) is 6.40. The molecule has 3 heteroatoms. The Morgan fingerprint density at radius 3 is 2.47 bits per heavy atom. The van der Waals surface area contributed by atoms with Gasteiger partial charge >= 0.3 is 0 Å². The summed E-state index contributed by atoms with van der Waals surface area (Å²) in [6.45, 7) is 2.03. The number of nitrogens with one attached hydrogen (secondary N) is 1. The molecule has 1 atom stereocenters. The lowest BCUT2D eigenvalue weighted by Gasteiger charge is -2.20. The van der Waals surface area contributed by atoms with Gasteiger partial charge in [-0.2, -0.15) is 0 Å². The molecule has 0 saturated carbocycles. The Balaban J connectivity index is 2.27. The number of methoxy groups -OCH3 is 1. The van der Waals surface area contributed by atoms with Crippen LogP contribution < -0.4 is 10.1 Å². The third-order valence-electron chi connectivity index (χ3n) is 3.13. The second kappa shape index (κ2) is 6.23. The highest BCUT2D eigenvalue weighted by Crippen LogP contribution is 2.30. The van der Waals surface area contributed by atoms with Gasteiger partial charge in [-0.15, -0.1) is 0 Å². The first kappa shape index (κ1) is 13.4. The van der Waals surface area contributed by atoms with Crippen LogP contribution in [0.2, 0.25) is 0 Å². The van der Waals surface area contributed by atoms with E-state index in [-0.39, 0.29) is 11.9 Å². The van der Waals surface area contributed by atoms with Gasteiger partial charge in [0.25, 0.3) is 0 Å². The Labute approximate surface area is 113 Å². The minimum absolute atomic E-state index is 0.0718. The van der Waals surface area contributed by atoms with Gasteiger partial charge in [0.2, 0.25) is 0 Å². The normalized spacial score (nSPS) is 11.9. The molecule has 0 radical (unpaired) electrons. The van der Waals surface area contributed by atoms with Gasteiger partial charge in [0.05, 0.1) is 18.8 Å². The molecular weight excluding hydrogens is 241 g/mol. The summed E-state index contributed by atoms with van der Waals surface area (Å²) in [5.41, 5.74) is 1.55. The fourth-order valence-corrected chi connectivity index (χ4v) is 2.11. The van der Waals surface area contributed by atoms with Gasteiger partial charge in [-0.25, -0.2) is 4.39 Å². The molecule has 19 heavy (non-hydrogen) atoms. The van der Waals surface area contributed by atoms with Crippen molar-refractivity contribution in [1.29, 1.82) is 0 Å². The number of hydrogen-bond acceptors (Lipinski definition) is 2. The number of anilines is 1. The predicted molar refractivity (Wildman–Crippen MR) is 76.0 cm³/mol. The van der Waals surface area contributed by atoms with Crippen LogP contribution in [0.25, 0.3) is 0 Å². The summed E-state index contributed by atoms with van der Waals surface area (Å²) in [4.78, 5) is 0. The quantitative estimate of drug-likeness (QED) is 0.859. The highest BCUT2D eigenvalue weighted by Gasteiger charge is 2.14. The highest BCUT2D eigenvalue weighted by molar-refractivity contribution is 5.57. The molecular formula is C16H18FNO. The molecule has 0 aliphatic heterocycles. The Kier molecular flexibility index (Phi) is 4.39. The molecule has 0 spiro atoms. The van der Waals surface area contributed by atoms with Crippen LogP contribution in [0.3, 0.4) is 0 Å². The van der Waals surface area contributed by atoms with Crippen LogP contribution in [0.4, 0.5) is 10.1 Å². The molecule has 0 saturated heterocycles. The standard InChI is InChI=1S/C16H18FNO/c1-3-14(12-8-4-5-9-13(12)17)18-15-10-6-7-11-16(15)19-2/h4-11,14,18H,3H2,1-2H3. The molecule has 2 rings (SSSR count). The summed E-state index contributed by atoms with van der Waals surface area (Å²) in [6.07, 6.45) is 0.791. The van der Waals surface area contributed by atoms with Crippen LogP contribution in [0.5, 0.6) is 5.75 Å². The van der Waals surface area contributed by atoms with Crippen LogP contribution >= 0.6 is 0 Å². The van der Waals surface area contributed by atoms with E-state index in [0.29, 0.717) is 5.56 Å². The Morgan fingerprint density at radius 2 is 1.79 bits per heavy atom. The Morgan fingerprint density at radius 1 is 1.11 bits per heavy atom. The van der Waals surface area contributed by atoms with E-state index in [1.807, 2.05) is 43.3 Å².